The zero-order valence-corrected chi connectivity index (χ0v) is 10.3. The molecule has 8 nitrogen and oxygen atoms in total. The Hall–Kier alpha value is -2.48. The van der Waals surface area contributed by atoms with Crippen molar-refractivity contribution in [1.29, 1.82) is 0 Å². The number of hydrogen-bond acceptors (Lipinski definition) is 5. The molecule has 0 saturated heterocycles. The molecule has 8 heteroatoms. The third-order valence-corrected chi connectivity index (χ3v) is 2.50. The summed E-state index contributed by atoms with van der Waals surface area (Å²) >= 11 is 0. The number of hydrogen-bond donors (Lipinski definition) is 3. The number of carboxylic acids is 1. The van der Waals surface area contributed by atoms with Crippen molar-refractivity contribution in [3.8, 4) is 0 Å². The van der Waals surface area contributed by atoms with Crippen molar-refractivity contribution in [3.63, 3.8) is 0 Å². The fourth-order valence-electron chi connectivity index (χ4n) is 1.73. The van der Waals surface area contributed by atoms with Crippen LogP contribution in [0.4, 0.5) is 0 Å². The quantitative estimate of drug-likeness (QED) is 0.689. The van der Waals surface area contributed by atoms with Crippen LogP contribution in [0.15, 0.2) is 23.4 Å². The number of imidazole rings is 1. The van der Waals surface area contributed by atoms with E-state index in [1.54, 1.807) is 25.6 Å². The number of aromatic carboxylic acids is 1. The summed E-state index contributed by atoms with van der Waals surface area (Å²) in [5.74, 6) is -1.17. The Morgan fingerprint density at radius 2 is 2.16 bits per heavy atom. The minimum Gasteiger partial charge on any atom is -0.477 e. The van der Waals surface area contributed by atoms with Crippen molar-refractivity contribution in [2.24, 2.45) is 0 Å². The Kier molecular flexibility index (Phi) is 3.71. The molecule has 0 atom stereocenters. The van der Waals surface area contributed by atoms with Crippen LogP contribution in [0.25, 0.3) is 0 Å². The zero-order valence-electron chi connectivity index (χ0n) is 10.3. The zero-order chi connectivity index (χ0) is 13.8. The van der Waals surface area contributed by atoms with Gasteiger partial charge in [0.1, 0.15) is 5.69 Å². The molecular weight excluding hydrogens is 250 g/mol. The van der Waals surface area contributed by atoms with Gasteiger partial charge in [-0.1, -0.05) is 0 Å². The number of rotatable bonds is 5. The lowest BCUT2D eigenvalue weighted by atomic mass is 10.3. The molecular formula is C11H13N5O3. The summed E-state index contributed by atoms with van der Waals surface area (Å²) in [6.07, 6.45) is 4.80. The molecule has 0 spiro atoms. The van der Waals surface area contributed by atoms with E-state index in [1.807, 2.05) is 4.90 Å². The summed E-state index contributed by atoms with van der Waals surface area (Å²) in [6, 6.07) is 0. The van der Waals surface area contributed by atoms with Gasteiger partial charge in [-0.2, -0.15) is 0 Å². The summed E-state index contributed by atoms with van der Waals surface area (Å²) in [7, 11) is 1.80. The Morgan fingerprint density at radius 1 is 1.37 bits per heavy atom. The predicted molar refractivity (Wildman–Crippen MR) is 65.6 cm³/mol. The van der Waals surface area contributed by atoms with Gasteiger partial charge < -0.3 is 10.1 Å². The van der Waals surface area contributed by atoms with Crippen LogP contribution in [0.2, 0.25) is 0 Å². The second-order valence-corrected chi connectivity index (χ2v) is 4.11. The number of nitrogens with one attached hydrogen (secondary N) is 2. The van der Waals surface area contributed by atoms with Gasteiger partial charge in [-0.25, -0.2) is 9.59 Å². The first-order valence-electron chi connectivity index (χ1n) is 5.54. The maximum atomic E-state index is 11.1. The second kappa shape index (κ2) is 5.44. The summed E-state index contributed by atoms with van der Waals surface area (Å²) in [6.45, 7) is 0.789. The molecule has 0 unspecified atom stereocenters. The molecule has 0 aliphatic heterocycles. The molecule has 2 aromatic heterocycles. The van der Waals surface area contributed by atoms with E-state index in [4.69, 9.17) is 5.11 Å². The SMILES string of the molecule is CN(Cc1cnccn1)Cc1[nH]c(=O)[nH]c1C(=O)O. The van der Waals surface area contributed by atoms with Gasteiger partial charge >= 0.3 is 11.7 Å². The molecule has 0 aliphatic carbocycles. The molecule has 0 aliphatic rings. The van der Waals surface area contributed by atoms with E-state index in [0.717, 1.165) is 5.69 Å². The fourth-order valence-corrected chi connectivity index (χ4v) is 1.73. The number of carbonyl (C=O) groups is 1. The smallest absolute Gasteiger partial charge is 0.354 e. The largest absolute Gasteiger partial charge is 0.477 e. The van der Waals surface area contributed by atoms with E-state index in [9.17, 15) is 9.59 Å². The van der Waals surface area contributed by atoms with Gasteiger partial charge in [-0.3, -0.25) is 19.9 Å². The first-order valence-corrected chi connectivity index (χ1v) is 5.54. The highest BCUT2D eigenvalue weighted by molar-refractivity contribution is 5.86. The van der Waals surface area contributed by atoms with Gasteiger partial charge in [0.15, 0.2) is 0 Å². The molecule has 2 aromatic rings. The summed E-state index contributed by atoms with van der Waals surface area (Å²) in [4.78, 5) is 36.7. The Morgan fingerprint density at radius 3 is 2.79 bits per heavy atom. The minimum atomic E-state index is -1.17. The van der Waals surface area contributed by atoms with Crippen LogP contribution >= 0.6 is 0 Å². The molecule has 0 amide bonds. The number of H-pyrrole nitrogens is 2. The molecule has 100 valence electrons. The molecule has 0 fully saturated rings. The Labute approximate surface area is 108 Å². The third-order valence-electron chi connectivity index (χ3n) is 2.50. The highest BCUT2D eigenvalue weighted by atomic mass is 16.4. The van der Waals surface area contributed by atoms with Crippen molar-refractivity contribution >= 4 is 5.97 Å². The van der Waals surface area contributed by atoms with Gasteiger partial charge in [0, 0.05) is 31.7 Å². The highest BCUT2D eigenvalue weighted by Crippen LogP contribution is 2.06. The van der Waals surface area contributed by atoms with E-state index >= 15 is 0 Å². The summed E-state index contributed by atoms with van der Waals surface area (Å²) in [5, 5.41) is 8.95. The Balaban J connectivity index is 2.09. The lowest BCUT2D eigenvalue weighted by Gasteiger charge is -2.14. The van der Waals surface area contributed by atoms with Gasteiger partial charge in [0.25, 0.3) is 0 Å². The molecule has 0 radical (unpaired) electrons. The van der Waals surface area contributed by atoms with Crippen LogP contribution in [0.5, 0.6) is 0 Å². The lowest BCUT2D eigenvalue weighted by molar-refractivity contribution is 0.0688. The molecule has 19 heavy (non-hydrogen) atoms. The maximum absolute atomic E-state index is 11.1. The van der Waals surface area contributed by atoms with E-state index in [-0.39, 0.29) is 12.2 Å². The molecule has 0 saturated carbocycles. The van der Waals surface area contributed by atoms with Crippen LogP contribution in [0.3, 0.4) is 0 Å². The number of carboxylic acid groups (broad SMARTS) is 1. The average Bonchev–Trinajstić information content (AvgIpc) is 2.71. The second-order valence-electron chi connectivity index (χ2n) is 4.11. The van der Waals surface area contributed by atoms with Crippen molar-refractivity contribution in [1.82, 2.24) is 24.8 Å². The number of aromatic amines is 2. The lowest BCUT2D eigenvalue weighted by Crippen LogP contribution is -2.20. The normalized spacial score (nSPS) is 10.8. The molecule has 2 rings (SSSR count). The standard InChI is InChI=1S/C11H13N5O3/c1-16(5-7-4-12-2-3-13-7)6-8-9(10(17)18)15-11(19)14-8/h2-4H,5-6H2,1H3,(H,17,18)(H2,14,15,19). The molecule has 3 N–H and O–H groups in total. The topological polar surface area (TPSA) is 115 Å². The molecule has 0 bridgehead atoms. The fraction of sp³-hybridized carbons (Fsp3) is 0.273. The predicted octanol–water partition coefficient (Wildman–Crippen LogP) is -0.177. The van der Waals surface area contributed by atoms with Crippen LogP contribution in [-0.2, 0) is 13.1 Å². The van der Waals surface area contributed by atoms with Crippen LogP contribution in [-0.4, -0.2) is 43.0 Å². The van der Waals surface area contributed by atoms with Crippen molar-refractivity contribution in [2.45, 2.75) is 13.1 Å². The van der Waals surface area contributed by atoms with Crippen LogP contribution < -0.4 is 5.69 Å². The molecule has 0 aromatic carbocycles. The van der Waals surface area contributed by atoms with Crippen molar-refractivity contribution in [2.75, 3.05) is 7.05 Å². The van der Waals surface area contributed by atoms with Gasteiger partial charge in [-0.05, 0) is 7.05 Å². The van der Waals surface area contributed by atoms with Gasteiger partial charge in [0.05, 0.1) is 11.4 Å². The maximum Gasteiger partial charge on any atom is 0.354 e. The van der Waals surface area contributed by atoms with Gasteiger partial charge in [-0.15, -0.1) is 0 Å². The van der Waals surface area contributed by atoms with Crippen molar-refractivity contribution in [3.05, 3.63) is 46.2 Å². The highest BCUT2D eigenvalue weighted by Gasteiger charge is 2.15. The Bertz CT molecular complexity index is 619. The van der Waals surface area contributed by atoms with Crippen molar-refractivity contribution < 1.29 is 9.90 Å². The summed E-state index contributed by atoms with van der Waals surface area (Å²) < 4.78 is 0. The van der Waals surface area contributed by atoms with E-state index in [2.05, 4.69) is 19.9 Å². The first kappa shape index (κ1) is 13.0. The van der Waals surface area contributed by atoms with Crippen LogP contribution in [0.1, 0.15) is 21.9 Å². The minimum absolute atomic E-state index is 0.115. The first-order chi connectivity index (χ1) is 9.06. The number of nitrogens with zero attached hydrogens (tertiary/aromatic N) is 3. The third kappa shape index (κ3) is 3.26. The van der Waals surface area contributed by atoms with Gasteiger partial charge in [0.2, 0.25) is 0 Å². The number of aromatic nitrogens is 4. The summed E-state index contributed by atoms with van der Waals surface area (Å²) in [5.41, 5.74) is 0.458. The van der Waals surface area contributed by atoms with E-state index in [0.29, 0.717) is 12.2 Å². The molecule has 2 heterocycles. The van der Waals surface area contributed by atoms with E-state index in [1.165, 1.54) is 0 Å². The van der Waals surface area contributed by atoms with E-state index < -0.39 is 11.7 Å². The average molecular weight is 263 g/mol. The van der Waals surface area contributed by atoms with Crippen LogP contribution in [0, 0.1) is 0 Å². The monoisotopic (exact) mass is 263 g/mol.